The van der Waals surface area contributed by atoms with E-state index in [0.717, 1.165) is 41.3 Å². The minimum atomic E-state index is -0.223. The van der Waals surface area contributed by atoms with Crippen LogP contribution in [-0.4, -0.2) is 38.4 Å². The summed E-state index contributed by atoms with van der Waals surface area (Å²) in [5.74, 6) is 1.30. The number of nitrogen functional groups attached to an aromatic ring is 1. The van der Waals surface area contributed by atoms with E-state index in [9.17, 15) is 5.11 Å². The molecular formula is C19H22N6O. The Bertz CT molecular complexity index is 888. The van der Waals surface area contributed by atoms with Crippen LogP contribution in [0.2, 0.25) is 0 Å². The van der Waals surface area contributed by atoms with E-state index in [1.54, 1.807) is 0 Å². The van der Waals surface area contributed by atoms with Gasteiger partial charge in [0.2, 0.25) is 5.95 Å². The molecule has 2 aromatic heterocycles. The number of benzene rings is 1. The molecule has 1 aliphatic rings. The molecule has 0 saturated heterocycles. The number of aromatic nitrogens is 4. The van der Waals surface area contributed by atoms with Gasteiger partial charge in [0.25, 0.3) is 0 Å². The van der Waals surface area contributed by atoms with E-state index in [1.165, 1.54) is 0 Å². The number of aliphatic hydroxyl groups excluding tert-OH is 1. The van der Waals surface area contributed by atoms with Gasteiger partial charge in [0.15, 0.2) is 0 Å². The maximum absolute atomic E-state index is 9.52. The van der Waals surface area contributed by atoms with E-state index in [4.69, 9.17) is 5.73 Å². The van der Waals surface area contributed by atoms with Gasteiger partial charge in [-0.3, -0.25) is 5.10 Å². The molecule has 0 amide bonds. The highest BCUT2D eigenvalue weighted by atomic mass is 16.3. The number of anilines is 2. The minimum Gasteiger partial charge on any atom is -0.393 e. The number of aromatic amines is 1. The molecule has 134 valence electrons. The molecule has 0 bridgehead atoms. The van der Waals surface area contributed by atoms with Crippen LogP contribution in [0.4, 0.5) is 11.8 Å². The van der Waals surface area contributed by atoms with Crippen molar-refractivity contribution in [2.24, 2.45) is 0 Å². The number of H-pyrrole nitrogens is 1. The second kappa shape index (κ2) is 6.76. The molecule has 3 aromatic rings. The number of nitrogens with one attached hydrogen (secondary N) is 1. The molecule has 1 fully saturated rings. The van der Waals surface area contributed by atoms with Crippen molar-refractivity contribution in [1.29, 1.82) is 0 Å². The highest BCUT2D eigenvalue weighted by Crippen LogP contribution is 2.36. The van der Waals surface area contributed by atoms with Crippen molar-refractivity contribution in [1.82, 2.24) is 20.2 Å². The van der Waals surface area contributed by atoms with E-state index in [0.29, 0.717) is 6.54 Å². The summed E-state index contributed by atoms with van der Waals surface area (Å²) in [5, 5.41) is 17.0. The maximum atomic E-state index is 9.52. The molecule has 1 saturated carbocycles. The third-order valence-corrected chi connectivity index (χ3v) is 4.78. The van der Waals surface area contributed by atoms with Crippen LogP contribution in [0.3, 0.4) is 0 Å². The van der Waals surface area contributed by atoms with Crippen LogP contribution in [0.15, 0.2) is 42.5 Å². The summed E-state index contributed by atoms with van der Waals surface area (Å²) in [6.07, 6.45) is 1.25. The lowest BCUT2D eigenvalue weighted by atomic mass is 9.80. The molecule has 0 radical (unpaired) electrons. The van der Waals surface area contributed by atoms with Gasteiger partial charge in [-0.2, -0.15) is 10.1 Å². The Morgan fingerprint density at radius 1 is 1.19 bits per heavy atom. The van der Waals surface area contributed by atoms with E-state index in [2.05, 4.69) is 20.2 Å². The second-order valence-electron chi connectivity index (χ2n) is 6.83. The quantitative estimate of drug-likeness (QED) is 0.652. The van der Waals surface area contributed by atoms with E-state index in [-0.39, 0.29) is 18.0 Å². The highest BCUT2D eigenvalue weighted by Gasteiger charge is 2.30. The molecule has 4 N–H and O–H groups in total. The Kier molecular flexibility index (Phi) is 4.30. The lowest BCUT2D eigenvalue weighted by Crippen LogP contribution is -2.28. The topological polar surface area (TPSA) is 104 Å². The van der Waals surface area contributed by atoms with E-state index >= 15 is 0 Å². The summed E-state index contributed by atoms with van der Waals surface area (Å²) in [5.41, 5.74) is 9.78. The van der Waals surface area contributed by atoms with Gasteiger partial charge in [-0.1, -0.05) is 30.3 Å². The molecule has 7 heteroatoms. The van der Waals surface area contributed by atoms with Crippen molar-refractivity contribution in [3.05, 3.63) is 53.9 Å². The van der Waals surface area contributed by atoms with E-state index < -0.39 is 0 Å². The van der Waals surface area contributed by atoms with Gasteiger partial charge in [-0.15, -0.1) is 0 Å². The fraction of sp³-hybridized carbons (Fsp3) is 0.316. The molecule has 0 spiro atoms. The monoisotopic (exact) mass is 350 g/mol. The Labute approximate surface area is 151 Å². The first-order valence-electron chi connectivity index (χ1n) is 8.72. The molecule has 0 aliphatic heterocycles. The minimum absolute atomic E-state index is 0.223. The second-order valence-corrected chi connectivity index (χ2v) is 6.83. The first kappa shape index (κ1) is 16.5. The zero-order chi connectivity index (χ0) is 18.1. The average Bonchev–Trinajstić information content (AvgIpc) is 3.07. The highest BCUT2D eigenvalue weighted by molar-refractivity contribution is 5.59. The van der Waals surface area contributed by atoms with Crippen molar-refractivity contribution in [2.45, 2.75) is 31.4 Å². The molecule has 0 atom stereocenters. The Hall–Kier alpha value is -2.93. The predicted molar refractivity (Wildman–Crippen MR) is 101 cm³/mol. The summed E-state index contributed by atoms with van der Waals surface area (Å²) < 4.78 is 0. The molecule has 1 aliphatic carbocycles. The van der Waals surface area contributed by atoms with Crippen LogP contribution < -0.4 is 10.6 Å². The smallest absolute Gasteiger partial charge is 0.222 e. The zero-order valence-electron chi connectivity index (χ0n) is 14.6. The third-order valence-electron chi connectivity index (χ3n) is 4.78. The fourth-order valence-electron chi connectivity index (χ4n) is 3.24. The van der Waals surface area contributed by atoms with Gasteiger partial charge in [-0.25, -0.2) is 4.98 Å². The lowest BCUT2D eigenvalue weighted by Gasteiger charge is -2.31. The molecule has 1 aromatic carbocycles. The lowest BCUT2D eigenvalue weighted by molar-refractivity contribution is 0.0732. The Morgan fingerprint density at radius 3 is 2.69 bits per heavy atom. The van der Waals surface area contributed by atoms with Crippen molar-refractivity contribution < 1.29 is 5.11 Å². The van der Waals surface area contributed by atoms with Crippen LogP contribution in [0, 0.1) is 0 Å². The van der Waals surface area contributed by atoms with Crippen molar-refractivity contribution >= 4 is 11.8 Å². The van der Waals surface area contributed by atoms with Crippen LogP contribution in [0.25, 0.3) is 11.3 Å². The number of nitrogens with two attached hydrogens (primary N) is 1. The zero-order valence-corrected chi connectivity index (χ0v) is 14.6. The molecule has 2 heterocycles. The van der Waals surface area contributed by atoms with Crippen LogP contribution in [0.1, 0.15) is 30.1 Å². The predicted octanol–water partition coefficient (Wildman–Crippen LogP) is 2.32. The van der Waals surface area contributed by atoms with Gasteiger partial charge in [0.05, 0.1) is 29.7 Å². The number of hydrogen-bond donors (Lipinski definition) is 3. The number of aliphatic hydroxyl groups is 1. The standard InChI is InChI=1S/C19H22N6O/c1-25(11-14-9-17(24-23-14)12-5-3-2-4-6-12)18-10-16(21-19(20)22-18)13-7-15(26)8-13/h2-6,9-10,13,15,26H,7-8,11H2,1H3,(H,23,24)(H2,20,21,22). The Morgan fingerprint density at radius 2 is 1.96 bits per heavy atom. The third kappa shape index (κ3) is 3.39. The summed E-state index contributed by atoms with van der Waals surface area (Å²) in [6.45, 7) is 0.628. The summed E-state index contributed by atoms with van der Waals surface area (Å²) in [7, 11) is 1.96. The first-order chi connectivity index (χ1) is 12.6. The number of nitrogens with zero attached hydrogens (tertiary/aromatic N) is 4. The van der Waals surface area contributed by atoms with Crippen molar-refractivity contribution in [3.63, 3.8) is 0 Å². The fourth-order valence-corrected chi connectivity index (χ4v) is 3.24. The van der Waals surface area contributed by atoms with Gasteiger partial charge in [0.1, 0.15) is 5.82 Å². The maximum Gasteiger partial charge on any atom is 0.222 e. The summed E-state index contributed by atoms with van der Waals surface area (Å²) in [6, 6.07) is 14.1. The molecule has 26 heavy (non-hydrogen) atoms. The van der Waals surface area contributed by atoms with Crippen molar-refractivity contribution in [2.75, 3.05) is 17.7 Å². The summed E-state index contributed by atoms with van der Waals surface area (Å²) >= 11 is 0. The van der Waals surface area contributed by atoms with E-state index in [1.807, 2.05) is 54.4 Å². The molecule has 0 unspecified atom stereocenters. The molecule has 4 rings (SSSR count). The Balaban J connectivity index is 1.50. The largest absolute Gasteiger partial charge is 0.393 e. The average molecular weight is 350 g/mol. The van der Waals surface area contributed by atoms with Crippen LogP contribution >= 0.6 is 0 Å². The molecular weight excluding hydrogens is 328 g/mol. The van der Waals surface area contributed by atoms with Gasteiger partial charge in [0, 0.05) is 24.6 Å². The van der Waals surface area contributed by atoms with Crippen LogP contribution in [-0.2, 0) is 6.54 Å². The number of hydrogen-bond acceptors (Lipinski definition) is 6. The molecule has 7 nitrogen and oxygen atoms in total. The summed E-state index contributed by atoms with van der Waals surface area (Å²) in [4.78, 5) is 10.7. The van der Waals surface area contributed by atoms with Gasteiger partial charge < -0.3 is 15.7 Å². The first-order valence-corrected chi connectivity index (χ1v) is 8.72. The van der Waals surface area contributed by atoms with Gasteiger partial charge >= 0.3 is 0 Å². The van der Waals surface area contributed by atoms with Crippen molar-refractivity contribution in [3.8, 4) is 11.3 Å². The van der Waals surface area contributed by atoms with Gasteiger partial charge in [-0.05, 0) is 18.9 Å². The van der Waals surface area contributed by atoms with Crippen LogP contribution in [0.5, 0.6) is 0 Å². The normalized spacial score (nSPS) is 19.2. The number of rotatable bonds is 5. The SMILES string of the molecule is CN(Cc1cc(-c2ccccc2)n[nH]1)c1cc(C2CC(O)C2)nc(N)n1.